The van der Waals surface area contributed by atoms with Gasteiger partial charge in [0.05, 0.1) is 10.8 Å². The van der Waals surface area contributed by atoms with Crippen LogP contribution in [0, 0.1) is 16.0 Å². The second kappa shape index (κ2) is 13.6. The molecular weight excluding hydrogens is 550 g/mol. The lowest BCUT2D eigenvalue weighted by Gasteiger charge is -2.43. The molecule has 1 fully saturated rings. The molecule has 0 bridgehead atoms. The van der Waals surface area contributed by atoms with Gasteiger partial charge in [-0.05, 0) is 82.8 Å². The summed E-state index contributed by atoms with van der Waals surface area (Å²) < 4.78 is 0. The number of rotatable bonds is 11. The van der Waals surface area contributed by atoms with Gasteiger partial charge >= 0.3 is 0 Å². The monoisotopic (exact) mass is 591 g/mol. The lowest BCUT2D eigenvalue weighted by Crippen LogP contribution is -2.43. The molecule has 3 aromatic carbocycles. The number of nitro groups is 1. The van der Waals surface area contributed by atoms with E-state index >= 15 is 0 Å². The fraction of sp³-hybridized carbons (Fsp3) is 0.378. The van der Waals surface area contributed by atoms with Gasteiger partial charge in [-0.25, -0.2) is 0 Å². The first-order valence-corrected chi connectivity index (χ1v) is 15.6. The van der Waals surface area contributed by atoms with Crippen molar-refractivity contribution in [2.24, 2.45) is 10.9 Å². The number of unbranched alkanes of at least 4 members (excludes halogenated alkanes) is 1. The van der Waals surface area contributed by atoms with Crippen molar-refractivity contribution in [2.75, 3.05) is 19.6 Å². The number of Topliss-reactive ketones (excluding diaryl/α,β-unsaturated/α-hetero) is 2. The minimum absolute atomic E-state index is 0.00734. The van der Waals surface area contributed by atoms with Crippen molar-refractivity contribution in [1.82, 2.24) is 4.90 Å². The number of nitrogens with zero attached hydrogens (tertiary/aromatic N) is 3. The number of hydrogen-bond acceptors (Lipinski definition) is 6. The standard InChI is InChI=1S/C37H41N3O4/c1-26-34(28(3)41)36(29-13-12-18-32(25-29)40(43)44)35(27(2)38-26)33(42)19-10-11-22-39-23-20-37(21-24-39,30-14-6-4-7-15-30)31-16-8-5-9-17-31/h4-9,12-18,25,34,36H,10-11,19-24H2,1-3H3. The van der Waals surface area contributed by atoms with E-state index in [0.29, 0.717) is 29.0 Å². The van der Waals surface area contributed by atoms with E-state index < -0.39 is 16.8 Å². The normalized spacial score (nSPS) is 20.2. The van der Waals surface area contributed by atoms with Crippen LogP contribution in [-0.4, -0.2) is 46.7 Å². The average Bonchev–Trinajstić information content (AvgIpc) is 3.03. The smallest absolute Gasteiger partial charge is 0.269 e. The summed E-state index contributed by atoms with van der Waals surface area (Å²) in [4.78, 5) is 44.7. The quantitative estimate of drug-likeness (QED) is 0.131. The zero-order chi connectivity index (χ0) is 31.3. The van der Waals surface area contributed by atoms with E-state index in [1.54, 1.807) is 26.0 Å². The Morgan fingerprint density at radius 2 is 1.52 bits per heavy atom. The van der Waals surface area contributed by atoms with Crippen LogP contribution < -0.4 is 0 Å². The Bertz CT molecular complexity index is 1530. The summed E-state index contributed by atoms with van der Waals surface area (Å²) in [7, 11) is 0. The molecule has 7 heteroatoms. The number of benzene rings is 3. The van der Waals surface area contributed by atoms with Gasteiger partial charge in [-0.2, -0.15) is 0 Å². The van der Waals surface area contributed by atoms with E-state index in [-0.39, 0.29) is 22.7 Å². The fourth-order valence-corrected chi connectivity index (χ4v) is 7.29. The van der Waals surface area contributed by atoms with Gasteiger partial charge in [-0.1, -0.05) is 72.8 Å². The molecule has 2 heterocycles. The van der Waals surface area contributed by atoms with Crippen molar-refractivity contribution in [3.05, 3.63) is 123 Å². The minimum atomic E-state index is -0.623. The van der Waals surface area contributed by atoms with Crippen molar-refractivity contribution in [2.45, 2.75) is 64.2 Å². The molecule has 5 rings (SSSR count). The maximum absolute atomic E-state index is 13.7. The van der Waals surface area contributed by atoms with Gasteiger partial charge in [0.25, 0.3) is 5.69 Å². The molecule has 0 N–H and O–H groups in total. The van der Waals surface area contributed by atoms with Crippen molar-refractivity contribution in [3.8, 4) is 0 Å². The van der Waals surface area contributed by atoms with E-state index in [4.69, 9.17) is 0 Å². The summed E-state index contributed by atoms with van der Waals surface area (Å²) in [6.45, 7) is 8.00. The Morgan fingerprint density at radius 3 is 2.09 bits per heavy atom. The first-order valence-electron chi connectivity index (χ1n) is 15.6. The van der Waals surface area contributed by atoms with E-state index in [2.05, 4.69) is 70.6 Å². The number of ketones is 2. The number of likely N-dealkylation sites (tertiary alicyclic amines) is 1. The third-order valence-corrected chi connectivity index (χ3v) is 9.50. The highest BCUT2D eigenvalue weighted by Gasteiger charge is 2.40. The largest absolute Gasteiger partial charge is 0.303 e. The first kappa shape index (κ1) is 31.2. The Hall–Kier alpha value is -4.23. The lowest BCUT2D eigenvalue weighted by molar-refractivity contribution is -0.384. The van der Waals surface area contributed by atoms with Crippen molar-refractivity contribution in [1.29, 1.82) is 0 Å². The van der Waals surface area contributed by atoms with Gasteiger partial charge in [0, 0.05) is 46.9 Å². The molecule has 228 valence electrons. The highest BCUT2D eigenvalue weighted by molar-refractivity contribution is 6.09. The molecule has 3 aromatic rings. The van der Waals surface area contributed by atoms with E-state index in [0.717, 1.165) is 45.3 Å². The SMILES string of the molecule is CC(=O)C1C(C)=NC(C)=C(C(=O)CCCCN2CCC(c3ccccc3)(c3ccccc3)CC2)C1c1cccc([N+](=O)[O-])c1. The molecule has 7 nitrogen and oxygen atoms in total. The Balaban J connectivity index is 1.24. The van der Waals surface area contributed by atoms with E-state index in [9.17, 15) is 19.7 Å². The van der Waals surface area contributed by atoms with E-state index in [1.807, 2.05) is 0 Å². The summed E-state index contributed by atoms with van der Waals surface area (Å²) in [5.41, 5.74) is 5.02. The number of non-ortho nitro benzene ring substituents is 1. The molecule has 0 aromatic heterocycles. The highest BCUT2D eigenvalue weighted by atomic mass is 16.6. The average molecular weight is 592 g/mol. The van der Waals surface area contributed by atoms with Crippen LogP contribution in [0.3, 0.4) is 0 Å². The van der Waals surface area contributed by atoms with Crippen LogP contribution in [0.4, 0.5) is 5.69 Å². The van der Waals surface area contributed by atoms with Gasteiger partial charge in [0.2, 0.25) is 0 Å². The van der Waals surface area contributed by atoms with Gasteiger partial charge < -0.3 is 4.90 Å². The maximum atomic E-state index is 13.7. The third kappa shape index (κ3) is 6.48. The lowest BCUT2D eigenvalue weighted by atomic mass is 9.68. The molecule has 0 saturated carbocycles. The van der Waals surface area contributed by atoms with Crippen LogP contribution in [-0.2, 0) is 15.0 Å². The summed E-state index contributed by atoms with van der Waals surface area (Å²) in [5.74, 6) is -1.34. The zero-order valence-corrected chi connectivity index (χ0v) is 25.9. The van der Waals surface area contributed by atoms with Gasteiger partial charge in [0.15, 0.2) is 5.78 Å². The van der Waals surface area contributed by atoms with Crippen LogP contribution in [0.5, 0.6) is 0 Å². The third-order valence-electron chi connectivity index (χ3n) is 9.50. The maximum Gasteiger partial charge on any atom is 0.269 e. The molecule has 2 aliphatic rings. The molecule has 2 unspecified atom stereocenters. The summed E-state index contributed by atoms with van der Waals surface area (Å²) in [6, 6.07) is 28.0. The molecule has 2 aliphatic heterocycles. The number of allylic oxidation sites excluding steroid dienone is 2. The van der Waals surface area contributed by atoms with Gasteiger partial charge in [0.1, 0.15) is 5.78 Å². The second-order valence-corrected chi connectivity index (χ2v) is 12.2. The predicted octanol–water partition coefficient (Wildman–Crippen LogP) is 7.45. The van der Waals surface area contributed by atoms with Crippen LogP contribution in [0.15, 0.2) is 101 Å². The number of piperidine rings is 1. The molecule has 44 heavy (non-hydrogen) atoms. The topological polar surface area (TPSA) is 92.9 Å². The zero-order valence-electron chi connectivity index (χ0n) is 25.9. The van der Waals surface area contributed by atoms with Crippen LogP contribution in [0.25, 0.3) is 0 Å². The Kier molecular flexibility index (Phi) is 9.64. The van der Waals surface area contributed by atoms with Crippen molar-refractivity contribution in [3.63, 3.8) is 0 Å². The summed E-state index contributed by atoms with van der Waals surface area (Å²) in [5, 5.41) is 11.5. The highest BCUT2D eigenvalue weighted by Crippen LogP contribution is 2.43. The number of nitro benzene ring substituents is 1. The van der Waals surface area contributed by atoms with Crippen LogP contribution >= 0.6 is 0 Å². The van der Waals surface area contributed by atoms with Crippen molar-refractivity contribution >= 4 is 23.0 Å². The molecule has 0 aliphatic carbocycles. The van der Waals surface area contributed by atoms with E-state index in [1.165, 1.54) is 30.2 Å². The minimum Gasteiger partial charge on any atom is -0.303 e. The van der Waals surface area contributed by atoms with Gasteiger partial charge in [-0.15, -0.1) is 0 Å². The second-order valence-electron chi connectivity index (χ2n) is 12.2. The number of hydrogen-bond donors (Lipinski definition) is 0. The van der Waals surface area contributed by atoms with Crippen LogP contribution in [0.1, 0.15) is 75.5 Å². The molecule has 1 saturated heterocycles. The summed E-state index contributed by atoms with van der Waals surface area (Å²) in [6.07, 6.45) is 4.05. The Morgan fingerprint density at radius 1 is 0.909 bits per heavy atom. The first-order chi connectivity index (χ1) is 21.2. The summed E-state index contributed by atoms with van der Waals surface area (Å²) >= 11 is 0. The van der Waals surface area contributed by atoms with Crippen molar-refractivity contribution < 1.29 is 14.5 Å². The molecular formula is C37H41N3O4. The number of aliphatic imine (C=N–C) groups is 1. The number of carbonyl (C=O) groups excluding carboxylic acids is 2. The number of carbonyl (C=O) groups is 2. The molecule has 2 atom stereocenters. The van der Waals surface area contributed by atoms with Crippen LogP contribution in [0.2, 0.25) is 0 Å². The molecule has 0 spiro atoms. The fourth-order valence-electron chi connectivity index (χ4n) is 7.29. The van der Waals surface area contributed by atoms with Gasteiger partial charge in [-0.3, -0.25) is 24.7 Å². The molecule has 0 amide bonds. The molecule has 0 radical (unpaired) electrons. The Labute approximate surface area is 259 Å². The predicted molar refractivity (Wildman–Crippen MR) is 174 cm³/mol.